The molecular weight excluding hydrogens is 595 g/mol. The second-order valence-corrected chi connectivity index (χ2v) is 12.3. The van der Waals surface area contributed by atoms with Gasteiger partial charge in [-0.2, -0.15) is 5.10 Å². The molecule has 49 heavy (non-hydrogen) atoms. The molecule has 0 aliphatic rings. The van der Waals surface area contributed by atoms with Crippen LogP contribution in [0.4, 0.5) is 0 Å². The molecule has 0 atom stereocenters. The molecule has 7 aromatic carbocycles. The Balaban J connectivity index is 1.24. The van der Waals surface area contributed by atoms with Crippen molar-refractivity contribution in [3.05, 3.63) is 188 Å². The average molecular weight is 626 g/mol. The van der Waals surface area contributed by atoms with Gasteiger partial charge in [-0.25, -0.2) is 9.67 Å². The van der Waals surface area contributed by atoms with Gasteiger partial charge in [0.05, 0.1) is 22.6 Å². The third kappa shape index (κ3) is 5.28. The highest BCUT2D eigenvalue weighted by molar-refractivity contribution is 6.17. The SMILES string of the molecule is c1ccc(-c2cc(-c3ccc(-n4nc(-c5ccccc5)c5c(-c6ccccc6)cc6ccccc6c54)cc3)cc(-c3ccccc3)n2)cc1. The molecule has 0 aliphatic heterocycles. The maximum atomic E-state index is 5.38. The normalized spacial score (nSPS) is 11.3. The molecule has 0 fully saturated rings. The van der Waals surface area contributed by atoms with E-state index in [1.54, 1.807) is 0 Å². The Hall–Kier alpha value is -6.58. The van der Waals surface area contributed by atoms with Gasteiger partial charge in [0, 0.05) is 27.5 Å². The Labute approximate surface area is 285 Å². The number of nitrogens with zero attached hydrogens (tertiary/aromatic N) is 3. The van der Waals surface area contributed by atoms with Gasteiger partial charge < -0.3 is 0 Å². The topological polar surface area (TPSA) is 30.7 Å². The van der Waals surface area contributed by atoms with E-state index in [2.05, 4.69) is 181 Å². The second-order valence-electron chi connectivity index (χ2n) is 12.3. The first kappa shape index (κ1) is 28.6. The number of pyridine rings is 1. The maximum absolute atomic E-state index is 5.38. The van der Waals surface area contributed by atoms with E-state index in [4.69, 9.17) is 10.1 Å². The standard InChI is InChI=1S/C46H31N3/c1-5-15-33(16-6-1)41-29-37-23-13-14-24-40(37)46-44(41)45(36-21-11-4-12-22-36)48-49(46)39-27-25-32(26-28-39)38-30-42(34-17-7-2-8-18-34)47-43(31-38)35-19-9-3-10-20-35/h1-31H. The summed E-state index contributed by atoms with van der Waals surface area (Å²) in [5, 5.41) is 8.89. The molecule has 3 nitrogen and oxygen atoms in total. The molecule has 0 unspecified atom stereocenters. The van der Waals surface area contributed by atoms with Crippen LogP contribution in [0, 0.1) is 0 Å². The van der Waals surface area contributed by atoms with Crippen LogP contribution in [0.3, 0.4) is 0 Å². The van der Waals surface area contributed by atoms with Crippen molar-refractivity contribution in [2.75, 3.05) is 0 Å². The minimum atomic E-state index is 0.950. The molecule has 230 valence electrons. The third-order valence-electron chi connectivity index (χ3n) is 9.21. The number of aromatic nitrogens is 3. The van der Waals surface area contributed by atoms with Crippen LogP contribution in [-0.2, 0) is 0 Å². The summed E-state index contributed by atoms with van der Waals surface area (Å²) in [5.74, 6) is 0. The lowest BCUT2D eigenvalue weighted by molar-refractivity contribution is 0.918. The summed E-state index contributed by atoms with van der Waals surface area (Å²) in [6, 6.07) is 66.1. The van der Waals surface area contributed by atoms with Crippen LogP contribution in [0.1, 0.15) is 0 Å². The number of hydrogen-bond donors (Lipinski definition) is 0. The Morgan fingerprint density at radius 2 is 0.898 bits per heavy atom. The van der Waals surface area contributed by atoms with Crippen molar-refractivity contribution >= 4 is 21.7 Å². The van der Waals surface area contributed by atoms with Gasteiger partial charge in [0.25, 0.3) is 0 Å². The molecule has 0 saturated heterocycles. The number of benzene rings is 7. The van der Waals surface area contributed by atoms with Crippen LogP contribution < -0.4 is 0 Å². The third-order valence-corrected chi connectivity index (χ3v) is 9.21. The smallest absolute Gasteiger partial charge is 0.101 e. The van der Waals surface area contributed by atoms with Gasteiger partial charge in [0.15, 0.2) is 0 Å². The Kier molecular flexibility index (Phi) is 7.14. The monoisotopic (exact) mass is 625 g/mol. The summed E-state index contributed by atoms with van der Waals surface area (Å²) in [6.07, 6.45) is 0. The molecule has 0 amide bonds. The lowest BCUT2D eigenvalue weighted by Gasteiger charge is -2.12. The van der Waals surface area contributed by atoms with Crippen molar-refractivity contribution in [3.8, 4) is 61.7 Å². The van der Waals surface area contributed by atoms with Gasteiger partial charge in [-0.1, -0.05) is 158 Å². The summed E-state index contributed by atoms with van der Waals surface area (Å²) in [7, 11) is 0. The average Bonchev–Trinajstić information content (AvgIpc) is 3.60. The molecular formula is C46H31N3. The van der Waals surface area contributed by atoms with Crippen molar-refractivity contribution in [3.63, 3.8) is 0 Å². The first-order valence-corrected chi connectivity index (χ1v) is 16.6. The highest BCUT2D eigenvalue weighted by Gasteiger charge is 2.21. The van der Waals surface area contributed by atoms with E-state index in [-0.39, 0.29) is 0 Å². The van der Waals surface area contributed by atoms with Crippen molar-refractivity contribution in [1.82, 2.24) is 14.8 Å². The lowest BCUT2D eigenvalue weighted by Crippen LogP contribution is -1.97. The fourth-order valence-electron chi connectivity index (χ4n) is 6.82. The highest BCUT2D eigenvalue weighted by atomic mass is 15.3. The van der Waals surface area contributed by atoms with Gasteiger partial charge in [0.2, 0.25) is 0 Å². The molecule has 2 aromatic heterocycles. The molecule has 9 rings (SSSR count). The zero-order valence-corrected chi connectivity index (χ0v) is 26.7. The number of rotatable bonds is 6. The van der Waals surface area contributed by atoms with Crippen molar-refractivity contribution in [2.24, 2.45) is 0 Å². The molecule has 0 bridgehead atoms. The fourth-order valence-corrected chi connectivity index (χ4v) is 6.82. The van der Waals surface area contributed by atoms with Crippen molar-refractivity contribution < 1.29 is 0 Å². The minimum absolute atomic E-state index is 0.950. The largest absolute Gasteiger partial charge is 0.248 e. The van der Waals surface area contributed by atoms with Crippen LogP contribution in [0.25, 0.3) is 83.4 Å². The summed E-state index contributed by atoms with van der Waals surface area (Å²) in [4.78, 5) is 5.08. The van der Waals surface area contributed by atoms with E-state index >= 15 is 0 Å². The Bertz CT molecular complexity index is 2500. The van der Waals surface area contributed by atoms with E-state index in [9.17, 15) is 0 Å². The van der Waals surface area contributed by atoms with Crippen molar-refractivity contribution in [2.45, 2.75) is 0 Å². The quantitative estimate of drug-likeness (QED) is 0.184. The second kappa shape index (κ2) is 12.2. The van der Waals surface area contributed by atoms with Gasteiger partial charge in [0.1, 0.15) is 5.69 Å². The molecule has 0 spiro atoms. The van der Waals surface area contributed by atoms with Crippen LogP contribution in [0.2, 0.25) is 0 Å². The Morgan fingerprint density at radius 1 is 0.388 bits per heavy atom. The van der Waals surface area contributed by atoms with Crippen LogP contribution in [-0.4, -0.2) is 14.8 Å². The van der Waals surface area contributed by atoms with Crippen LogP contribution >= 0.6 is 0 Å². The molecule has 9 aromatic rings. The van der Waals surface area contributed by atoms with E-state index in [0.29, 0.717) is 0 Å². The van der Waals surface area contributed by atoms with E-state index in [1.807, 2.05) is 12.1 Å². The molecule has 3 heteroatoms. The summed E-state index contributed by atoms with van der Waals surface area (Å²) < 4.78 is 2.13. The van der Waals surface area contributed by atoms with Crippen LogP contribution in [0.15, 0.2) is 188 Å². The zero-order valence-electron chi connectivity index (χ0n) is 26.7. The number of hydrogen-bond acceptors (Lipinski definition) is 2. The molecule has 0 N–H and O–H groups in total. The van der Waals surface area contributed by atoms with Gasteiger partial charge in [-0.15, -0.1) is 0 Å². The minimum Gasteiger partial charge on any atom is -0.248 e. The molecule has 2 heterocycles. The van der Waals surface area contributed by atoms with Gasteiger partial charge in [-0.05, 0) is 58.0 Å². The van der Waals surface area contributed by atoms with E-state index in [0.717, 1.165) is 61.5 Å². The van der Waals surface area contributed by atoms with Gasteiger partial charge >= 0.3 is 0 Å². The first-order chi connectivity index (χ1) is 24.3. The maximum Gasteiger partial charge on any atom is 0.101 e. The first-order valence-electron chi connectivity index (χ1n) is 16.6. The molecule has 0 radical (unpaired) electrons. The predicted octanol–water partition coefficient (Wildman–Crippen LogP) is 11.9. The highest BCUT2D eigenvalue weighted by Crippen LogP contribution is 2.42. The summed E-state index contributed by atoms with van der Waals surface area (Å²) >= 11 is 0. The fraction of sp³-hybridized carbons (Fsp3) is 0. The number of fused-ring (bicyclic) bond motifs is 3. The summed E-state index contributed by atoms with van der Waals surface area (Å²) in [5.41, 5.74) is 12.8. The summed E-state index contributed by atoms with van der Waals surface area (Å²) in [6.45, 7) is 0. The molecule has 0 saturated carbocycles. The Morgan fingerprint density at radius 3 is 1.49 bits per heavy atom. The predicted molar refractivity (Wildman–Crippen MR) is 204 cm³/mol. The molecule has 0 aliphatic carbocycles. The zero-order chi connectivity index (χ0) is 32.6. The van der Waals surface area contributed by atoms with Gasteiger partial charge in [-0.3, -0.25) is 0 Å². The van der Waals surface area contributed by atoms with E-state index in [1.165, 1.54) is 21.9 Å². The lowest BCUT2D eigenvalue weighted by atomic mass is 9.94. The van der Waals surface area contributed by atoms with E-state index < -0.39 is 0 Å². The van der Waals surface area contributed by atoms with Crippen LogP contribution in [0.5, 0.6) is 0 Å². The van der Waals surface area contributed by atoms with Crippen molar-refractivity contribution in [1.29, 1.82) is 0 Å².